The number of carbonyl (C=O) groups is 2. The molecule has 1 aromatic carbocycles. The third kappa shape index (κ3) is 4.45. The highest BCUT2D eigenvalue weighted by Gasteiger charge is 2.10. The lowest BCUT2D eigenvalue weighted by Gasteiger charge is -2.13. The number of hydrogen-bond acceptors (Lipinski definition) is 5. The molecule has 0 unspecified atom stereocenters. The van der Waals surface area contributed by atoms with E-state index < -0.39 is 5.91 Å². The van der Waals surface area contributed by atoms with Gasteiger partial charge in [0.15, 0.2) is 0 Å². The average molecular weight is 348 g/mol. The van der Waals surface area contributed by atoms with E-state index in [1.807, 2.05) is 32.0 Å². The van der Waals surface area contributed by atoms with Crippen LogP contribution in [0.4, 0.5) is 5.69 Å². The summed E-state index contributed by atoms with van der Waals surface area (Å²) in [5, 5.41) is 1.75. The molecule has 2 N–H and O–H groups in total. The van der Waals surface area contributed by atoms with Crippen LogP contribution in [0.3, 0.4) is 0 Å². The maximum Gasteiger partial charge on any atom is 0.307 e. The number of carbonyl (C=O) groups excluding carboxylic acids is 2. The molecule has 0 fully saturated rings. The van der Waals surface area contributed by atoms with Crippen molar-refractivity contribution in [1.82, 2.24) is 15.4 Å². The number of anilines is 1. The lowest BCUT2D eigenvalue weighted by Crippen LogP contribution is -2.42. The minimum absolute atomic E-state index is 0.0927. The zero-order valence-electron chi connectivity index (χ0n) is 13.8. The van der Waals surface area contributed by atoms with E-state index in [0.29, 0.717) is 5.56 Å². The van der Waals surface area contributed by atoms with Crippen molar-refractivity contribution in [3.05, 3.63) is 50.6 Å². The first-order chi connectivity index (χ1) is 11.4. The van der Waals surface area contributed by atoms with Gasteiger partial charge in [-0.1, -0.05) is 17.4 Å². The highest BCUT2D eigenvalue weighted by Crippen LogP contribution is 2.13. The molecule has 0 aliphatic rings. The number of nitrogens with one attached hydrogen (secondary N) is 2. The second kappa shape index (κ2) is 7.78. The number of benzene rings is 1. The smallest absolute Gasteiger partial charge is 0.307 e. The number of amides is 2. The normalized spacial score (nSPS) is 10.3. The highest BCUT2D eigenvalue weighted by atomic mass is 32.1. The first-order valence-corrected chi connectivity index (χ1v) is 8.28. The molecule has 2 aromatic rings. The van der Waals surface area contributed by atoms with Crippen LogP contribution in [0.15, 0.2) is 34.4 Å². The first-order valence-electron chi connectivity index (χ1n) is 7.40. The van der Waals surface area contributed by atoms with E-state index in [0.717, 1.165) is 22.7 Å². The molecular formula is C16H20N4O3S. The predicted octanol–water partition coefficient (Wildman–Crippen LogP) is 1.14. The van der Waals surface area contributed by atoms with Crippen LogP contribution in [0.1, 0.15) is 22.5 Å². The van der Waals surface area contributed by atoms with Crippen molar-refractivity contribution in [2.75, 3.05) is 19.0 Å². The summed E-state index contributed by atoms with van der Waals surface area (Å²) < 4.78 is 1.53. The minimum Gasteiger partial charge on any atom is -0.378 e. The fourth-order valence-electron chi connectivity index (χ4n) is 2.07. The summed E-state index contributed by atoms with van der Waals surface area (Å²) >= 11 is 1.10. The Hall–Kier alpha value is -2.61. The Balaban J connectivity index is 1.86. The Kier molecular flexibility index (Phi) is 5.75. The lowest BCUT2D eigenvalue weighted by atomic mass is 10.2. The number of aryl methyl sites for hydroxylation is 1. The van der Waals surface area contributed by atoms with Crippen LogP contribution in [0.2, 0.25) is 0 Å². The molecule has 1 heterocycles. The molecule has 0 spiro atoms. The van der Waals surface area contributed by atoms with Crippen molar-refractivity contribution in [3.63, 3.8) is 0 Å². The van der Waals surface area contributed by atoms with Crippen molar-refractivity contribution >= 4 is 28.8 Å². The average Bonchev–Trinajstić information content (AvgIpc) is 2.89. The van der Waals surface area contributed by atoms with Crippen LogP contribution in [0, 0.1) is 6.92 Å². The van der Waals surface area contributed by atoms with Gasteiger partial charge in [0, 0.05) is 49.4 Å². The SMILES string of the molecule is Cc1csc(=O)n1CCC(=O)NNC(=O)c1cccc(N(C)C)c1. The minimum atomic E-state index is -0.393. The molecule has 0 saturated heterocycles. The van der Waals surface area contributed by atoms with E-state index in [1.165, 1.54) is 4.57 Å². The molecule has 0 saturated carbocycles. The number of nitrogens with zero attached hydrogens (tertiary/aromatic N) is 2. The molecule has 0 aliphatic heterocycles. The van der Waals surface area contributed by atoms with E-state index in [-0.39, 0.29) is 23.7 Å². The third-order valence-electron chi connectivity index (χ3n) is 3.48. The summed E-state index contributed by atoms with van der Waals surface area (Å²) in [5.74, 6) is -0.749. The predicted molar refractivity (Wildman–Crippen MR) is 94.3 cm³/mol. The summed E-state index contributed by atoms with van der Waals surface area (Å²) in [5.41, 5.74) is 6.91. The van der Waals surface area contributed by atoms with Gasteiger partial charge in [-0.15, -0.1) is 0 Å². The molecule has 8 heteroatoms. The van der Waals surface area contributed by atoms with Gasteiger partial charge in [-0.2, -0.15) is 0 Å². The van der Waals surface area contributed by atoms with Gasteiger partial charge >= 0.3 is 4.87 Å². The van der Waals surface area contributed by atoms with Crippen LogP contribution in [0.25, 0.3) is 0 Å². The van der Waals surface area contributed by atoms with Gasteiger partial charge in [0.25, 0.3) is 5.91 Å². The second-order valence-electron chi connectivity index (χ2n) is 5.49. The van der Waals surface area contributed by atoms with E-state index >= 15 is 0 Å². The van der Waals surface area contributed by atoms with Gasteiger partial charge in [-0.3, -0.25) is 25.2 Å². The van der Waals surface area contributed by atoms with Crippen molar-refractivity contribution in [2.24, 2.45) is 0 Å². The molecule has 0 aliphatic carbocycles. The molecule has 7 nitrogen and oxygen atoms in total. The summed E-state index contributed by atoms with van der Waals surface area (Å²) in [6.07, 6.45) is 0.107. The molecule has 1 aromatic heterocycles. The monoisotopic (exact) mass is 348 g/mol. The first kappa shape index (κ1) is 17.7. The molecule has 0 atom stereocenters. The molecular weight excluding hydrogens is 328 g/mol. The number of aromatic nitrogens is 1. The van der Waals surface area contributed by atoms with Crippen LogP contribution in [-0.4, -0.2) is 30.5 Å². The van der Waals surface area contributed by atoms with Gasteiger partial charge in [0.05, 0.1) is 0 Å². The van der Waals surface area contributed by atoms with Crippen molar-refractivity contribution in [2.45, 2.75) is 19.9 Å². The lowest BCUT2D eigenvalue weighted by molar-refractivity contribution is -0.122. The fourth-order valence-corrected chi connectivity index (χ4v) is 2.84. The van der Waals surface area contributed by atoms with E-state index in [9.17, 15) is 14.4 Å². The zero-order valence-corrected chi connectivity index (χ0v) is 14.6. The van der Waals surface area contributed by atoms with Gasteiger partial charge < -0.3 is 9.47 Å². The van der Waals surface area contributed by atoms with Crippen LogP contribution in [0.5, 0.6) is 0 Å². The van der Waals surface area contributed by atoms with Crippen molar-refractivity contribution < 1.29 is 9.59 Å². The van der Waals surface area contributed by atoms with Crippen molar-refractivity contribution in [3.8, 4) is 0 Å². The summed E-state index contributed by atoms with van der Waals surface area (Å²) in [6.45, 7) is 2.10. The Labute approximate surface area is 143 Å². The number of hydrazine groups is 1. The number of hydrogen-bond donors (Lipinski definition) is 2. The highest BCUT2D eigenvalue weighted by molar-refractivity contribution is 7.07. The Morgan fingerprint density at radius 2 is 2.00 bits per heavy atom. The Morgan fingerprint density at radius 1 is 1.25 bits per heavy atom. The maximum absolute atomic E-state index is 12.1. The van der Waals surface area contributed by atoms with E-state index in [2.05, 4.69) is 10.9 Å². The number of thiazole rings is 1. The quantitative estimate of drug-likeness (QED) is 0.794. The van der Waals surface area contributed by atoms with E-state index in [4.69, 9.17) is 0 Å². The zero-order chi connectivity index (χ0) is 17.7. The number of rotatable bonds is 5. The summed E-state index contributed by atoms with van der Waals surface area (Å²) in [6, 6.07) is 7.06. The topological polar surface area (TPSA) is 83.4 Å². The molecule has 24 heavy (non-hydrogen) atoms. The van der Waals surface area contributed by atoms with Gasteiger partial charge in [-0.05, 0) is 25.1 Å². The Morgan fingerprint density at radius 3 is 2.62 bits per heavy atom. The molecule has 2 amide bonds. The van der Waals surface area contributed by atoms with Gasteiger partial charge in [-0.25, -0.2) is 0 Å². The van der Waals surface area contributed by atoms with E-state index in [1.54, 1.807) is 23.6 Å². The fraction of sp³-hybridized carbons (Fsp3) is 0.312. The van der Waals surface area contributed by atoms with Crippen LogP contribution < -0.4 is 20.6 Å². The van der Waals surface area contributed by atoms with Crippen LogP contribution in [-0.2, 0) is 11.3 Å². The Bertz CT molecular complexity index is 795. The standard InChI is InChI=1S/C16H20N4O3S/c1-11-10-24-16(23)20(11)8-7-14(21)17-18-15(22)12-5-4-6-13(9-12)19(2)3/h4-6,9-10H,7-8H2,1-3H3,(H,17,21)(H,18,22). The third-order valence-corrected chi connectivity index (χ3v) is 4.36. The largest absolute Gasteiger partial charge is 0.378 e. The molecule has 0 radical (unpaired) electrons. The molecule has 2 rings (SSSR count). The van der Waals surface area contributed by atoms with Crippen LogP contribution >= 0.6 is 11.3 Å². The molecule has 128 valence electrons. The van der Waals surface area contributed by atoms with Gasteiger partial charge in [0.2, 0.25) is 5.91 Å². The second-order valence-corrected chi connectivity index (χ2v) is 6.31. The summed E-state index contributed by atoms with van der Waals surface area (Å²) in [7, 11) is 3.76. The van der Waals surface area contributed by atoms with Gasteiger partial charge in [0.1, 0.15) is 0 Å². The van der Waals surface area contributed by atoms with Crippen molar-refractivity contribution in [1.29, 1.82) is 0 Å². The summed E-state index contributed by atoms with van der Waals surface area (Å²) in [4.78, 5) is 37.3. The molecule has 0 bridgehead atoms. The maximum atomic E-state index is 12.1.